The molecule has 1 aromatic carbocycles. The van der Waals surface area contributed by atoms with Gasteiger partial charge in [0, 0.05) is 29.5 Å². The van der Waals surface area contributed by atoms with Crippen LogP contribution in [-0.4, -0.2) is 10.5 Å². The Morgan fingerprint density at radius 1 is 1.32 bits per heavy atom. The van der Waals surface area contributed by atoms with Gasteiger partial charge in [-0.25, -0.2) is 0 Å². The zero-order chi connectivity index (χ0) is 13.2. The Morgan fingerprint density at radius 2 is 2.16 bits per heavy atom. The molecule has 0 unspecified atom stereocenters. The van der Waals surface area contributed by atoms with E-state index in [4.69, 9.17) is 0 Å². The number of fused-ring (bicyclic) bond motifs is 1. The van der Waals surface area contributed by atoms with Crippen molar-refractivity contribution in [3.63, 3.8) is 0 Å². The molecule has 3 rings (SSSR count). The maximum atomic E-state index is 12.0. The largest absolute Gasteiger partial charge is 0.350 e. The average molecular weight is 270 g/mol. The number of nitrogens with zero attached hydrogens (tertiary/aromatic N) is 1. The second-order valence-corrected chi connectivity index (χ2v) is 5.30. The molecule has 96 valence electrons. The molecule has 3 aromatic rings. The molecule has 0 bridgehead atoms. The highest BCUT2D eigenvalue weighted by Crippen LogP contribution is 2.21. The molecule has 3 nitrogen and oxygen atoms in total. The minimum atomic E-state index is 0.0229. The van der Waals surface area contributed by atoms with Crippen molar-refractivity contribution in [3.8, 4) is 0 Å². The van der Waals surface area contributed by atoms with Crippen LogP contribution >= 0.6 is 11.3 Å². The molecular formula is C15H14N2OS. The van der Waals surface area contributed by atoms with Crippen molar-refractivity contribution >= 4 is 33.8 Å². The van der Waals surface area contributed by atoms with Crippen molar-refractivity contribution in [2.24, 2.45) is 7.05 Å². The van der Waals surface area contributed by atoms with Crippen LogP contribution in [0.1, 0.15) is 5.56 Å². The van der Waals surface area contributed by atoms with Gasteiger partial charge in [-0.15, -0.1) is 0 Å². The summed E-state index contributed by atoms with van der Waals surface area (Å²) >= 11 is 1.58. The number of nitrogens with one attached hydrogen (secondary N) is 1. The molecule has 2 aromatic heterocycles. The van der Waals surface area contributed by atoms with Crippen molar-refractivity contribution in [3.05, 3.63) is 52.9 Å². The maximum Gasteiger partial charge on any atom is 0.228 e. The van der Waals surface area contributed by atoms with Gasteiger partial charge in [-0.3, -0.25) is 4.79 Å². The molecule has 0 atom stereocenters. The lowest BCUT2D eigenvalue weighted by atomic mass is 10.1. The van der Waals surface area contributed by atoms with E-state index >= 15 is 0 Å². The fourth-order valence-electron chi connectivity index (χ4n) is 2.28. The molecule has 2 heterocycles. The summed E-state index contributed by atoms with van der Waals surface area (Å²) < 4.78 is 2.06. The van der Waals surface area contributed by atoms with E-state index in [1.807, 2.05) is 42.2 Å². The summed E-state index contributed by atoms with van der Waals surface area (Å²) in [6, 6.07) is 10.0. The number of para-hydroxylation sites is 1. The van der Waals surface area contributed by atoms with E-state index in [2.05, 4.69) is 22.0 Å². The van der Waals surface area contributed by atoms with E-state index in [9.17, 15) is 4.79 Å². The van der Waals surface area contributed by atoms with Crippen LogP contribution in [0, 0.1) is 0 Å². The molecule has 1 amide bonds. The number of anilines is 1. The van der Waals surface area contributed by atoms with Crippen LogP contribution in [0.5, 0.6) is 0 Å². The number of rotatable bonds is 3. The molecule has 19 heavy (non-hydrogen) atoms. The van der Waals surface area contributed by atoms with Gasteiger partial charge >= 0.3 is 0 Å². The number of carbonyl (C=O) groups excluding carboxylic acids is 1. The molecule has 0 fully saturated rings. The second kappa shape index (κ2) is 4.90. The van der Waals surface area contributed by atoms with Crippen LogP contribution < -0.4 is 5.32 Å². The van der Waals surface area contributed by atoms with E-state index < -0.39 is 0 Å². The molecule has 0 radical (unpaired) electrons. The summed E-state index contributed by atoms with van der Waals surface area (Å²) in [6.45, 7) is 0. The zero-order valence-corrected chi connectivity index (χ0v) is 11.4. The van der Waals surface area contributed by atoms with Gasteiger partial charge in [0.2, 0.25) is 5.91 Å². The fraction of sp³-hybridized carbons (Fsp3) is 0.133. The molecular weight excluding hydrogens is 256 g/mol. The van der Waals surface area contributed by atoms with Crippen LogP contribution in [0.25, 0.3) is 10.9 Å². The highest BCUT2D eigenvalue weighted by Gasteiger charge is 2.10. The van der Waals surface area contributed by atoms with Gasteiger partial charge in [0.05, 0.1) is 12.1 Å². The lowest BCUT2D eigenvalue weighted by Gasteiger charge is -2.01. The first-order valence-electron chi connectivity index (χ1n) is 6.09. The number of thiophene rings is 1. The molecule has 0 aliphatic rings. The van der Waals surface area contributed by atoms with Crippen LogP contribution in [0.3, 0.4) is 0 Å². The number of benzene rings is 1. The molecule has 4 heteroatoms. The van der Waals surface area contributed by atoms with Crippen LogP contribution in [0.4, 0.5) is 5.69 Å². The zero-order valence-electron chi connectivity index (χ0n) is 10.6. The number of carbonyl (C=O) groups is 1. The van der Waals surface area contributed by atoms with Crippen molar-refractivity contribution in [2.45, 2.75) is 6.42 Å². The second-order valence-electron chi connectivity index (χ2n) is 4.52. The predicted molar refractivity (Wildman–Crippen MR) is 79.6 cm³/mol. The lowest BCUT2D eigenvalue weighted by molar-refractivity contribution is -0.115. The first-order valence-corrected chi connectivity index (χ1v) is 7.03. The predicted octanol–water partition coefficient (Wildman–Crippen LogP) is 3.42. The summed E-state index contributed by atoms with van der Waals surface area (Å²) in [5.74, 6) is 0.0229. The van der Waals surface area contributed by atoms with Gasteiger partial charge in [-0.2, -0.15) is 11.3 Å². The first kappa shape index (κ1) is 12.0. The van der Waals surface area contributed by atoms with Crippen molar-refractivity contribution in [1.29, 1.82) is 0 Å². The normalized spacial score (nSPS) is 10.8. The Labute approximate surface area is 115 Å². The monoisotopic (exact) mass is 270 g/mol. The van der Waals surface area contributed by atoms with Crippen molar-refractivity contribution in [2.75, 3.05) is 5.32 Å². The van der Waals surface area contributed by atoms with Gasteiger partial charge in [0.1, 0.15) is 0 Å². The Morgan fingerprint density at radius 3 is 2.95 bits per heavy atom. The van der Waals surface area contributed by atoms with Gasteiger partial charge in [-0.05, 0) is 23.1 Å². The summed E-state index contributed by atoms with van der Waals surface area (Å²) in [5.41, 5.74) is 3.09. The number of aromatic nitrogens is 1. The van der Waals surface area contributed by atoms with E-state index in [-0.39, 0.29) is 5.91 Å². The molecule has 0 aliphatic carbocycles. The standard InChI is InChI=1S/C15H14N2OS/c1-17-9-11(13-4-2-3-5-14(13)17)8-15(18)16-12-6-7-19-10-12/h2-7,9-10H,8H2,1H3,(H,16,18). The van der Waals surface area contributed by atoms with Gasteiger partial charge in [-0.1, -0.05) is 18.2 Å². The first-order chi connectivity index (χ1) is 9.24. The fourth-order valence-corrected chi connectivity index (χ4v) is 2.87. The van der Waals surface area contributed by atoms with Crippen LogP contribution in [0.15, 0.2) is 47.3 Å². The van der Waals surface area contributed by atoms with Crippen molar-refractivity contribution in [1.82, 2.24) is 4.57 Å². The summed E-state index contributed by atoms with van der Waals surface area (Å²) in [5, 5.41) is 7.93. The topological polar surface area (TPSA) is 34.0 Å². The number of aryl methyl sites for hydroxylation is 1. The van der Waals surface area contributed by atoms with Crippen LogP contribution in [0.2, 0.25) is 0 Å². The average Bonchev–Trinajstić information content (AvgIpc) is 3.00. The van der Waals surface area contributed by atoms with E-state index in [1.165, 1.54) is 0 Å². The minimum Gasteiger partial charge on any atom is -0.350 e. The highest BCUT2D eigenvalue weighted by atomic mass is 32.1. The molecule has 0 saturated heterocycles. The third kappa shape index (κ3) is 2.39. The van der Waals surface area contributed by atoms with Gasteiger partial charge in [0.15, 0.2) is 0 Å². The number of amides is 1. The summed E-state index contributed by atoms with van der Waals surface area (Å²) in [7, 11) is 2.00. The number of hydrogen-bond acceptors (Lipinski definition) is 2. The van der Waals surface area contributed by atoms with E-state index in [0.29, 0.717) is 6.42 Å². The lowest BCUT2D eigenvalue weighted by Crippen LogP contribution is -2.13. The third-order valence-electron chi connectivity index (χ3n) is 3.14. The van der Waals surface area contributed by atoms with E-state index in [1.54, 1.807) is 11.3 Å². The quantitative estimate of drug-likeness (QED) is 0.777. The third-order valence-corrected chi connectivity index (χ3v) is 3.82. The molecule has 1 N–H and O–H groups in total. The summed E-state index contributed by atoms with van der Waals surface area (Å²) in [4.78, 5) is 12.0. The molecule has 0 saturated carbocycles. The molecule has 0 aliphatic heterocycles. The Bertz CT molecular complexity index is 713. The smallest absolute Gasteiger partial charge is 0.228 e. The van der Waals surface area contributed by atoms with Crippen molar-refractivity contribution < 1.29 is 4.79 Å². The van der Waals surface area contributed by atoms with E-state index in [0.717, 1.165) is 22.2 Å². The summed E-state index contributed by atoms with van der Waals surface area (Å²) in [6.07, 6.45) is 2.43. The van der Waals surface area contributed by atoms with Gasteiger partial charge in [0.25, 0.3) is 0 Å². The minimum absolute atomic E-state index is 0.0229. The van der Waals surface area contributed by atoms with Crippen LogP contribution in [-0.2, 0) is 18.3 Å². The maximum absolute atomic E-state index is 12.0. The Kier molecular flexibility index (Phi) is 3.09. The molecule has 0 spiro atoms. The SMILES string of the molecule is Cn1cc(CC(=O)Nc2ccsc2)c2ccccc21. The Hall–Kier alpha value is -2.07. The highest BCUT2D eigenvalue weighted by molar-refractivity contribution is 7.08. The van der Waals surface area contributed by atoms with Gasteiger partial charge < -0.3 is 9.88 Å². The Balaban J connectivity index is 1.83. The number of hydrogen-bond donors (Lipinski definition) is 1.